The van der Waals surface area contributed by atoms with Crippen LogP contribution in [0.15, 0.2) is 22.6 Å². The minimum Gasteiger partial charge on any atom is -0.461 e. The molecule has 0 radical (unpaired) electrons. The molecule has 1 aliphatic rings. The monoisotopic (exact) mass is 187 g/mol. The van der Waals surface area contributed by atoms with E-state index in [9.17, 15) is 4.79 Å². The molecule has 14 heavy (non-hydrogen) atoms. The lowest BCUT2D eigenvalue weighted by atomic mass is 10.1. The number of hydrogen-bond donors (Lipinski definition) is 1. The Balaban J connectivity index is 2.46. The third-order valence-corrected chi connectivity index (χ3v) is 2.58. The molecule has 1 aromatic carbocycles. The van der Waals surface area contributed by atoms with Crippen LogP contribution < -0.4 is 5.32 Å². The van der Waals surface area contributed by atoms with Gasteiger partial charge in [0.25, 0.3) is 5.91 Å². The lowest BCUT2D eigenvalue weighted by Gasteiger charge is -1.95. The molecule has 1 amide bonds. The van der Waals surface area contributed by atoms with Gasteiger partial charge in [0.05, 0.1) is 5.56 Å². The number of carbonyl (C=O) groups excluding carboxylic acids is 1. The zero-order valence-electron chi connectivity index (χ0n) is 7.76. The molecule has 3 rings (SSSR count). The number of amides is 1. The largest absolute Gasteiger partial charge is 0.461 e. The standard InChI is InChI=1S/C11H9NO2/c1-6-4-8-9(14-6)3-2-7-5-12-11(13)10(7)8/h2-4H,5H2,1H3,(H,12,13). The molecule has 0 aliphatic carbocycles. The van der Waals surface area contributed by atoms with Gasteiger partial charge >= 0.3 is 0 Å². The average Bonchev–Trinajstić information content (AvgIpc) is 2.68. The summed E-state index contributed by atoms with van der Waals surface area (Å²) in [6.07, 6.45) is 0. The molecule has 0 saturated heterocycles. The number of benzene rings is 1. The first-order valence-electron chi connectivity index (χ1n) is 4.56. The number of hydrogen-bond acceptors (Lipinski definition) is 2. The molecule has 0 unspecified atom stereocenters. The molecule has 70 valence electrons. The maximum Gasteiger partial charge on any atom is 0.252 e. The van der Waals surface area contributed by atoms with Crippen LogP contribution in [0.4, 0.5) is 0 Å². The van der Waals surface area contributed by atoms with Gasteiger partial charge in [0, 0.05) is 11.9 Å². The second-order valence-electron chi connectivity index (χ2n) is 3.55. The van der Waals surface area contributed by atoms with Gasteiger partial charge < -0.3 is 9.73 Å². The molecule has 3 heteroatoms. The van der Waals surface area contributed by atoms with Gasteiger partial charge in [0.1, 0.15) is 11.3 Å². The Morgan fingerprint density at radius 2 is 2.29 bits per heavy atom. The number of rotatable bonds is 0. The van der Waals surface area contributed by atoms with Crippen molar-refractivity contribution in [3.63, 3.8) is 0 Å². The second-order valence-corrected chi connectivity index (χ2v) is 3.55. The van der Waals surface area contributed by atoms with Crippen LogP contribution in [0.5, 0.6) is 0 Å². The van der Waals surface area contributed by atoms with Crippen molar-refractivity contribution in [3.8, 4) is 0 Å². The lowest BCUT2D eigenvalue weighted by Crippen LogP contribution is -2.12. The van der Waals surface area contributed by atoms with Crippen molar-refractivity contribution in [2.75, 3.05) is 0 Å². The van der Waals surface area contributed by atoms with Crippen LogP contribution in [-0.4, -0.2) is 5.91 Å². The van der Waals surface area contributed by atoms with Crippen LogP contribution in [-0.2, 0) is 6.54 Å². The van der Waals surface area contributed by atoms with Crippen LogP contribution in [0.1, 0.15) is 21.7 Å². The minimum atomic E-state index is 0.00593. The summed E-state index contributed by atoms with van der Waals surface area (Å²) < 4.78 is 5.46. The highest BCUT2D eigenvalue weighted by Gasteiger charge is 2.22. The molecule has 0 fully saturated rings. The van der Waals surface area contributed by atoms with E-state index in [2.05, 4.69) is 5.32 Å². The fourth-order valence-corrected chi connectivity index (χ4v) is 1.96. The SMILES string of the molecule is Cc1cc2c3c(ccc2o1)CNC3=O. The molecule has 3 nitrogen and oxygen atoms in total. The third kappa shape index (κ3) is 0.839. The highest BCUT2D eigenvalue weighted by Crippen LogP contribution is 2.28. The number of aryl methyl sites for hydroxylation is 1. The van der Waals surface area contributed by atoms with Gasteiger partial charge in [-0.3, -0.25) is 4.79 Å². The Morgan fingerprint density at radius 1 is 1.43 bits per heavy atom. The van der Waals surface area contributed by atoms with E-state index in [1.165, 1.54) is 0 Å². The summed E-state index contributed by atoms with van der Waals surface area (Å²) in [7, 11) is 0. The molecule has 0 spiro atoms. The van der Waals surface area contributed by atoms with Gasteiger partial charge in [-0.25, -0.2) is 0 Å². The van der Waals surface area contributed by atoms with E-state index in [-0.39, 0.29) is 5.91 Å². The van der Waals surface area contributed by atoms with Crippen LogP contribution in [0, 0.1) is 6.92 Å². The molecule has 0 bridgehead atoms. The average molecular weight is 187 g/mol. The van der Waals surface area contributed by atoms with Crippen molar-refractivity contribution in [3.05, 3.63) is 35.1 Å². The number of fused-ring (bicyclic) bond motifs is 3. The van der Waals surface area contributed by atoms with Crippen molar-refractivity contribution in [2.24, 2.45) is 0 Å². The Morgan fingerprint density at radius 3 is 3.14 bits per heavy atom. The number of nitrogens with one attached hydrogen (secondary N) is 1. The van der Waals surface area contributed by atoms with Gasteiger partial charge in [0.15, 0.2) is 0 Å². The fraction of sp³-hybridized carbons (Fsp3) is 0.182. The zero-order valence-corrected chi connectivity index (χ0v) is 7.76. The van der Waals surface area contributed by atoms with Gasteiger partial charge in [-0.15, -0.1) is 0 Å². The third-order valence-electron chi connectivity index (χ3n) is 2.58. The molecule has 0 atom stereocenters. The first-order valence-corrected chi connectivity index (χ1v) is 4.56. The molecular formula is C11H9NO2. The highest BCUT2D eigenvalue weighted by molar-refractivity contribution is 6.09. The van der Waals surface area contributed by atoms with E-state index in [1.54, 1.807) is 0 Å². The topological polar surface area (TPSA) is 42.2 Å². The maximum atomic E-state index is 11.5. The number of carbonyl (C=O) groups is 1. The number of furan rings is 1. The highest BCUT2D eigenvalue weighted by atomic mass is 16.3. The normalized spacial score (nSPS) is 14.5. The van der Waals surface area contributed by atoms with E-state index in [4.69, 9.17) is 4.42 Å². The molecule has 2 heterocycles. The molecular weight excluding hydrogens is 178 g/mol. The van der Waals surface area contributed by atoms with E-state index in [0.717, 1.165) is 27.9 Å². The van der Waals surface area contributed by atoms with Crippen LogP contribution in [0.25, 0.3) is 11.0 Å². The Bertz CT molecular complexity index is 539. The van der Waals surface area contributed by atoms with E-state index >= 15 is 0 Å². The predicted octanol–water partition coefficient (Wildman–Crippen LogP) is 1.98. The van der Waals surface area contributed by atoms with Crippen molar-refractivity contribution < 1.29 is 9.21 Å². The Kier molecular flexibility index (Phi) is 1.29. The quantitative estimate of drug-likeness (QED) is 0.685. The summed E-state index contributed by atoms with van der Waals surface area (Å²) >= 11 is 0. The maximum absolute atomic E-state index is 11.5. The van der Waals surface area contributed by atoms with Crippen molar-refractivity contribution >= 4 is 16.9 Å². The Labute approximate surface area is 80.7 Å². The van der Waals surface area contributed by atoms with Gasteiger partial charge in [0.2, 0.25) is 0 Å². The molecule has 1 aliphatic heterocycles. The summed E-state index contributed by atoms with van der Waals surface area (Å²) in [5.41, 5.74) is 2.63. The first kappa shape index (κ1) is 7.62. The molecule has 1 aromatic heterocycles. The van der Waals surface area contributed by atoms with E-state index in [0.29, 0.717) is 6.54 Å². The summed E-state index contributed by atoms with van der Waals surface area (Å²) in [5, 5.41) is 3.73. The van der Waals surface area contributed by atoms with E-state index in [1.807, 2.05) is 25.1 Å². The summed E-state index contributed by atoms with van der Waals surface area (Å²) in [6.45, 7) is 2.52. The van der Waals surface area contributed by atoms with Crippen LogP contribution in [0.2, 0.25) is 0 Å². The minimum absolute atomic E-state index is 0.00593. The van der Waals surface area contributed by atoms with Gasteiger partial charge in [-0.2, -0.15) is 0 Å². The van der Waals surface area contributed by atoms with E-state index < -0.39 is 0 Å². The Hall–Kier alpha value is -1.77. The van der Waals surface area contributed by atoms with Crippen molar-refractivity contribution in [1.82, 2.24) is 5.32 Å². The second kappa shape index (κ2) is 2.38. The predicted molar refractivity (Wildman–Crippen MR) is 52.1 cm³/mol. The summed E-state index contributed by atoms with van der Waals surface area (Å²) in [5.74, 6) is 0.847. The molecule has 2 aromatic rings. The summed E-state index contributed by atoms with van der Waals surface area (Å²) in [6, 6.07) is 5.78. The fourth-order valence-electron chi connectivity index (χ4n) is 1.96. The zero-order chi connectivity index (χ0) is 9.71. The van der Waals surface area contributed by atoms with Crippen LogP contribution in [0.3, 0.4) is 0 Å². The summed E-state index contributed by atoms with van der Waals surface area (Å²) in [4.78, 5) is 11.5. The lowest BCUT2D eigenvalue weighted by molar-refractivity contribution is 0.0967. The first-order chi connectivity index (χ1) is 6.75. The van der Waals surface area contributed by atoms with Crippen molar-refractivity contribution in [2.45, 2.75) is 13.5 Å². The van der Waals surface area contributed by atoms with Crippen molar-refractivity contribution in [1.29, 1.82) is 0 Å². The molecule has 1 N–H and O–H groups in total. The smallest absolute Gasteiger partial charge is 0.252 e. The molecule has 0 saturated carbocycles. The van der Waals surface area contributed by atoms with Gasteiger partial charge in [-0.1, -0.05) is 6.07 Å². The van der Waals surface area contributed by atoms with Gasteiger partial charge in [-0.05, 0) is 24.6 Å². The van der Waals surface area contributed by atoms with Crippen LogP contribution >= 0.6 is 0 Å².